The Morgan fingerprint density at radius 1 is 1.29 bits per heavy atom. The molecule has 0 fully saturated rings. The van der Waals surface area contributed by atoms with Crippen molar-refractivity contribution in [3.8, 4) is 0 Å². The van der Waals surface area contributed by atoms with Gasteiger partial charge in [-0.25, -0.2) is 4.39 Å². The van der Waals surface area contributed by atoms with Gasteiger partial charge in [0.25, 0.3) is 0 Å². The molecule has 0 bridgehead atoms. The normalized spacial score (nSPS) is 16.0. The highest BCUT2D eigenvalue weighted by Gasteiger charge is 2.28. The monoisotopic (exact) mass is 402 g/mol. The van der Waals surface area contributed by atoms with Crippen molar-refractivity contribution in [2.24, 2.45) is 11.1 Å². The van der Waals surface area contributed by atoms with E-state index < -0.39 is 0 Å². The Hall–Kier alpha value is -2.40. The minimum Gasteiger partial charge on any atom is -0.390 e. The fourth-order valence-electron chi connectivity index (χ4n) is 3.21. The molecule has 1 aliphatic heterocycles. The first-order valence-electron chi connectivity index (χ1n) is 9.42. The summed E-state index contributed by atoms with van der Waals surface area (Å²) in [5.41, 5.74) is 1.97. The van der Waals surface area contributed by atoms with Crippen LogP contribution in [-0.4, -0.2) is 29.2 Å². The van der Waals surface area contributed by atoms with E-state index in [0.29, 0.717) is 42.2 Å². The standard InChI is InChI=1S/C22H24ClFN2O2/c1-15(2)10-22(27)26(13-16-6-5-7-17(23)11-16)14-18-12-21(25-28-18)19-8-3-4-9-20(19)24/h3-9,11,15,18H,10,12-14H2,1-2H3. The van der Waals surface area contributed by atoms with Gasteiger partial charge in [-0.3, -0.25) is 4.79 Å². The van der Waals surface area contributed by atoms with Crippen LogP contribution in [0.1, 0.15) is 37.8 Å². The summed E-state index contributed by atoms with van der Waals surface area (Å²) in [7, 11) is 0. The number of amides is 1. The molecule has 1 heterocycles. The second-order valence-electron chi connectivity index (χ2n) is 7.45. The summed E-state index contributed by atoms with van der Waals surface area (Å²) >= 11 is 6.08. The Bertz CT molecular complexity index is 869. The third kappa shape index (κ3) is 5.32. The van der Waals surface area contributed by atoms with E-state index in [1.165, 1.54) is 6.07 Å². The molecule has 1 atom stereocenters. The molecule has 2 aromatic carbocycles. The molecule has 0 saturated heterocycles. The molecular formula is C22H24ClFN2O2. The van der Waals surface area contributed by atoms with Crippen LogP contribution >= 0.6 is 11.6 Å². The van der Waals surface area contributed by atoms with Crippen LogP contribution < -0.4 is 0 Å². The Morgan fingerprint density at radius 3 is 2.79 bits per heavy atom. The smallest absolute Gasteiger partial charge is 0.223 e. The van der Waals surface area contributed by atoms with Crippen molar-refractivity contribution >= 4 is 23.2 Å². The maximum absolute atomic E-state index is 14.0. The van der Waals surface area contributed by atoms with Gasteiger partial charge in [-0.2, -0.15) is 0 Å². The fraction of sp³-hybridized carbons (Fsp3) is 0.364. The van der Waals surface area contributed by atoms with Crippen LogP contribution in [0.4, 0.5) is 4.39 Å². The molecule has 3 rings (SSSR count). The predicted octanol–water partition coefficient (Wildman–Crippen LogP) is 5.05. The lowest BCUT2D eigenvalue weighted by Gasteiger charge is -2.26. The molecule has 28 heavy (non-hydrogen) atoms. The largest absolute Gasteiger partial charge is 0.390 e. The van der Waals surface area contributed by atoms with Crippen LogP contribution in [0.25, 0.3) is 0 Å². The molecule has 0 aliphatic carbocycles. The summed E-state index contributed by atoms with van der Waals surface area (Å²) in [5.74, 6) is -0.0147. The lowest BCUT2D eigenvalue weighted by Crippen LogP contribution is -2.37. The van der Waals surface area contributed by atoms with E-state index in [2.05, 4.69) is 5.16 Å². The van der Waals surface area contributed by atoms with Crippen LogP contribution in [0.2, 0.25) is 5.02 Å². The molecule has 1 aliphatic rings. The molecule has 0 N–H and O–H groups in total. The number of carbonyl (C=O) groups excluding carboxylic acids is 1. The maximum Gasteiger partial charge on any atom is 0.223 e. The number of nitrogens with zero attached hydrogens (tertiary/aromatic N) is 2. The van der Waals surface area contributed by atoms with E-state index in [9.17, 15) is 9.18 Å². The summed E-state index contributed by atoms with van der Waals surface area (Å²) < 4.78 is 14.0. The van der Waals surface area contributed by atoms with Gasteiger partial charge in [0.15, 0.2) is 6.10 Å². The number of oxime groups is 1. The van der Waals surface area contributed by atoms with Crippen molar-refractivity contribution < 1.29 is 14.0 Å². The number of halogens is 2. The molecule has 0 radical (unpaired) electrons. The highest BCUT2D eigenvalue weighted by molar-refractivity contribution is 6.30. The van der Waals surface area contributed by atoms with Crippen molar-refractivity contribution in [1.82, 2.24) is 4.90 Å². The first-order valence-corrected chi connectivity index (χ1v) is 9.80. The zero-order chi connectivity index (χ0) is 20.1. The minimum absolute atomic E-state index is 0.0536. The molecule has 1 amide bonds. The van der Waals surface area contributed by atoms with E-state index in [0.717, 1.165) is 5.56 Å². The first-order chi connectivity index (χ1) is 13.4. The second kappa shape index (κ2) is 9.20. The molecule has 148 valence electrons. The van der Waals surface area contributed by atoms with Crippen LogP contribution in [0, 0.1) is 11.7 Å². The average molecular weight is 403 g/mol. The molecule has 0 spiro atoms. The summed E-state index contributed by atoms with van der Waals surface area (Å²) in [6, 6.07) is 14.0. The van der Waals surface area contributed by atoms with Gasteiger partial charge in [0.1, 0.15) is 5.82 Å². The quantitative estimate of drug-likeness (QED) is 0.650. The maximum atomic E-state index is 14.0. The summed E-state index contributed by atoms with van der Waals surface area (Å²) in [6.07, 6.45) is 0.612. The molecule has 4 nitrogen and oxygen atoms in total. The number of benzene rings is 2. The summed E-state index contributed by atoms with van der Waals surface area (Å²) in [4.78, 5) is 20.1. The third-order valence-electron chi connectivity index (χ3n) is 4.54. The number of rotatable bonds is 7. The van der Waals surface area contributed by atoms with E-state index >= 15 is 0 Å². The van der Waals surface area contributed by atoms with Gasteiger partial charge in [-0.15, -0.1) is 0 Å². The van der Waals surface area contributed by atoms with Crippen molar-refractivity contribution in [2.75, 3.05) is 6.54 Å². The van der Waals surface area contributed by atoms with Crippen molar-refractivity contribution in [3.63, 3.8) is 0 Å². The molecule has 0 aromatic heterocycles. The van der Waals surface area contributed by atoms with Gasteiger partial charge in [0.05, 0.1) is 12.3 Å². The second-order valence-corrected chi connectivity index (χ2v) is 7.89. The Kier molecular flexibility index (Phi) is 6.68. The van der Waals surface area contributed by atoms with Crippen LogP contribution in [0.5, 0.6) is 0 Å². The van der Waals surface area contributed by atoms with Crippen molar-refractivity contribution in [2.45, 2.75) is 39.3 Å². The van der Waals surface area contributed by atoms with Gasteiger partial charge in [-0.05, 0) is 29.7 Å². The Morgan fingerprint density at radius 2 is 2.07 bits per heavy atom. The van der Waals surface area contributed by atoms with Gasteiger partial charge in [0, 0.05) is 30.0 Å². The van der Waals surface area contributed by atoms with Crippen molar-refractivity contribution in [3.05, 3.63) is 70.5 Å². The Labute approximate surface area is 169 Å². The first kappa shape index (κ1) is 20.3. The molecule has 2 aromatic rings. The van der Waals surface area contributed by atoms with Crippen LogP contribution in [-0.2, 0) is 16.2 Å². The summed E-state index contributed by atoms with van der Waals surface area (Å²) in [5, 5.41) is 4.70. The molecular weight excluding hydrogens is 379 g/mol. The number of hydrogen-bond acceptors (Lipinski definition) is 3. The lowest BCUT2D eigenvalue weighted by molar-refractivity contribution is -0.134. The molecule has 0 saturated carbocycles. The third-order valence-corrected chi connectivity index (χ3v) is 4.77. The van der Waals surface area contributed by atoms with E-state index in [1.54, 1.807) is 29.2 Å². The SMILES string of the molecule is CC(C)CC(=O)N(Cc1cccc(Cl)c1)CC1CC(c2ccccc2F)=NO1. The topological polar surface area (TPSA) is 41.9 Å². The molecule has 1 unspecified atom stereocenters. The van der Waals surface area contributed by atoms with Crippen LogP contribution in [0.3, 0.4) is 0 Å². The fourth-order valence-corrected chi connectivity index (χ4v) is 3.43. The zero-order valence-corrected chi connectivity index (χ0v) is 16.8. The highest BCUT2D eigenvalue weighted by atomic mass is 35.5. The van der Waals surface area contributed by atoms with Gasteiger partial charge in [-0.1, -0.05) is 60.9 Å². The van der Waals surface area contributed by atoms with E-state index in [4.69, 9.17) is 16.4 Å². The van der Waals surface area contributed by atoms with Crippen LogP contribution in [0.15, 0.2) is 53.7 Å². The van der Waals surface area contributed by atoms with E-state index in [-0.39, 0.29) is 23.7 Å². The lowest BCUT2D eigenvalue weighted by atomic mass is 10.0. The predicted molar refractivity (Wildman–Crippen MR) is 109 cm³/mol. The number of carbonyl (C=O) groups is 1. The molecule has 6 heteroatoms. The van der Waals surface area contributed by atoms with Gasteiger partial charge >= 0.3 is 0 Å². The average Bonchev–Trinajstić information content (AvgIpc) is 3.09. The number of hydrogen-bond donors (Lipinski definition) is 0. The zero-order valence-electron chi connectivity index (χ0n) is 16.1. The van der Waals surface area contributed by atoms with Gasteiger partial charge < -0.3 is 9.74 Å². The highest BCUT2D eigenvalue weighted by Crippen LogP contribution is 2.21. The van der Waals surface area contributed by atoms with Crippen molar-refractivity contribution in [1.29, 1.82) is 0 Å². The minimum atomic E-state index is -0.322. The van der Waals surface area contributed by atoms with Gasteiger partial charge in [0.2, 0.25) is 5.91 Å². The van der Waals surface area contributed by atoms with E-state index in [1.807, 2.05) is 32.0 Å². The summed E-state index contributed by atoms with van der Waals surface area (Å²) in [6.45, 7) is 4.86. The Balaban J connectivity index is 1.69.